The van der Waals surface area contributed by atoms with Gasteiger partial charge in [-0.2, -0.15) is 4.57 Å². The molecule has 2 aliphatic heterocycles. The number of fused-ring (bicyclic) bond motifs is 5. The molecule has 0 aromatic carbocycles. The second-order valence-corrected chi connectivity index (χ2v) is 16.2. The topological polar surface area (TPSA) is 194 Å². The van der Waals surface area contributed by atoms with Crippen molar-refractivity contribution in [1.29, 1.82) is 0 Å². The minimum atomic E-state index is -4.00. The molecule has 6 heterocycles. The molecule has 2 saturated heterocycles. The van der Waals surface area contributed by atoms with Gasteiger partial charge in [0.15, 0.2) is 47.1 Å². The van der Waals surface area contributed by atoms with Gasteiger partial charge < -0.3 is 33.8 Å². The summed E-state index contributed by atoms with van der Waals surface area (Å²) in [5.41, 5.74) is 6.71. The van der Waals surface area contributed by atoms with E-state index in [1.54, 1.807) is 27.6 Å². The molecule has 0 bridgehead atoms. The summed E-state index contributed by atoms with van der Waals surface area (Å²) in [5.74, 6) is -1.20. The second-order valence-electron chi connectivity index (χ2n) is 10.6. The Labute approximate surface area is 258 Å². The van der Waals surface area contributed by atoms with E-state index in [0.717, 1.165) is 0 Å². The summed E-state index contributed by atoms with van der Waals surface area (Å²) < 4.78 is 49.7. The molecular formula is C23H26FN8O8P2S2+. The second kappa shape index (κ2) is 11.4. The van der Waals surface area contributed by atoms with Gasteiger partial charge in [-0.15, -0.1) is 0 Å². The first-order valence-corrected chi connectivity index (χ1v) is 18.6. The number of hydrogen-bond acceptors (Lipinski definition) is 12. The third-order valence-electron chi connectivity index (χ3n) is 8.04. The van der Waals surface area contributed by atoms with Crippen LogP contribution in [0.1, 0.15) is 29.2 Å². The Morgan fingerprint density at radius 3 is 2.66 bits per heavy atom. The number of carbonyl (C=O) groups is 1. The Morgan fingerprint density at radius 2 is 1.84 bits per heavy atom. The molecule has 0 radical (unpaired) electrons. The number of amides is 1. The van der Waals surface area contributed by atoms with Crippen molar-refractivity contribution < 1.29 is 46.4 Å². The van der Waals surface area contributed by atoms with Gasteiger partial charge >= 0.3 is 13.4 Å². The number of carbonyl (C=O) groups excluding carboxylic acids is 1. The molecule has 4 N–H and O–H groups in total. The predicted molar refractivity (Wildman–Crippen MR) is 154 cm³/mol. The zero-order chi connectivity index (χ0) is 30.8. The van der Waals surface area contributed by atoms with Gasteiger partial charge in [0.05, 0.1) is 38.3 Å². The molecule has 234 valence electrons. The number of halogens is 1. The number of hydrogen-bond donors (Lipinski definition) is 3. The highest BCUT2D eigenvalue weighted by Crippen LogP contribution is 2.54. The van der Waals surface area contributed by atoms with Crippen LogP contribution in [0.2, 0.25) is 0 Å². The maximum Gasteiger partial charge on any atom is 0.324 e. The Balaban J connectivity index is 1.13. The summed E-state index contributed by atoms with van der Waals surface area (Å²) in [5, 5.41) is 0. The SMILES string of the molecule is NC(=O)c1c[n+]([C@@H]2C[C@@H]3COP(O)(=S)O[C@H]4[C@@H](F)[C@H](n5cnc6c5ncn5ccnc65)O[C@@H]4COP(O)(=S)OC[C@H]32)ccn1. The van der Waals surface area contributed by atoms with Crippen molar-refractivity contribution in [3.8, 4) is 0 Å². The molecule has 9 atom stereocenters. The van der Waals surface area contributed by atoms with Crippen LogP contribution in [0, 0.1) is 11.8 Å². The smallest absolute Gasteiger partial charge is 0.324 e. The number of alkyl halides is 1. The van der Waals surface area contributed by atoms with Crippen LogP contribution in [0.5, 0.6) is 0 Å². The van der Waals surface area contributed by atoms with E-state index in [0.29, 0.717) is 23.2 Å². The highest BCUT2D eigenvalue weighted by atomic mass is 32.5. The first-order chi connectivity index (χ1) is 21.0. The van der Waals surface area contributed by atoms with E-state index in [4.69, 9.17) is 52.2 Å². The van der Waals surface area contributed by atoms with Crippen molar-refractivity contribution in [2.24, 2.45) is 17.6 Å². The van der Waals surface area contributed by atoms with Gasteiger partial charge in [0.25, 0.3) is 5.91 Å². The molecule has 7 rings (SSSR count). The van der Waals surface area contributed by atoms with Gasteiger partial charge in [-0.05, 0) is 23.6 Å². The van der Waals surface area contributed by atoms with E-state index in [1.807, 2.05) is 0 Å². The van der Waals surface area contributed by atoms with Crippen molar-refractivity contribution >= 4 is 59.8 Å². The van der Waals surface area contributed by atoms with E-state index in [1.165, 1.54) is 29.6 Å². The lowest BCUT2D eigenvalue weighted by molar-refractivity contribution is -0.745. The van der Waals surface area contributed by atoms with Gasteiger partial charge in [0.2, 0.25) is 6.20 Å². The normalized spacial score (nSPS) is 36.5. The fourth-order valence-corrected chi connectivity index (χ4v) is 8.39. The number of nitrogens with two attached hydrogens (primary N) is 1. The van der Waals surface area contributed by atoms with E-state index in [9.17, 15) is 14.6 Å². The zero-order valence-corrected chi connectivity index (χ0v) is 26.0. The van der Waals surface area contributed by atoms with Crippen molar-refractivity contribution in [2.75, 3.05) is 19.8 Å². The Morgan fingerprint density at radius 1 is 1.05 bits per heavy atom. The van der Waals surface area contributed by atoms with Crippen LogP contribution in [0.4, 0.5) is 4.39 Å². The molecule has 2 unspecified atom stereocenters. The van der Waals surface area contributed by atoms with Crippen LogP contribution in [0.25, 0.3) is 16.8 Å². The molecule has 4 aromatic rings. The molecule has 44 heavy (non-hydrogen) atoms. The van der Waals surface area contributed by atoms with E-state index >= 15 is 4.39 Å². The number of ether oxygens (including phenoxy) is 1. The van der Waals surface area contributed by atoms with Crippen LogP contribution >= 0.6 is 13.4 Å². The zero-order valence-electron chi connectivity index (χ0n) is 22.6. The maximum absolute atomic E-state index is 16.1. The molecule has 1 aliphatic carbocycles. The molecule has 3 aliphatic rings. The molecule has 3 fully saturated rings. The summed E-state index contributed by atoms with van der Waals surface area (Å²) in [6.07, 6.45) is 5.52. The van der Waals surface area contributed by atoms with Crippen molar-refractivity contribution in [1.82, 2.24) is 28.9 Å². The number of aromatic nitrogens is 7. The summed E-state index contributed by atoms with van der Waals surface area (Å²) >= 11 is 10.5. The standard InChI is InChI=1S/C23H25FN8O8P2S2/c24-17-19-16(39-23(17)32-11-28-18-21-27-2-4-31(21)10-29-22(18)32)9-38-41(34,43)37-8-13-12(7-36-42(35,44)40-19)5-15(13)30-3-1-26-14(6-30)20(25)33/h1-4,6,10-13,15-17,19,23H,5,7-9H2,(H3-,25,33,34,35,43,44)/p+1/t12-,13-,15-,16-,17-,19-,23-,41?,42?/m1/s1. The third kappa shape index (κ3) is 5.60. The molecule has 4 aromatic heterocycles. The number of imidazole rings is 2. The summed E-state index contributed by atoms with van der Waals surface area (Å²) in [6, 6.07) is -0.206. The predicted octanol–water partition coefficient (Wildman–Crippen LogP) is 0.855. The van der Waals surface area contributed by atoms with Gasteiger partial charge in [-0.1, -0.05) is 0 Å². The van der Waals surface area contributed by atoms with Crippen molar-refractivity contribution in [3.05, 3.63) is 49.3 Å². The Kier molecular flexibility index (Phi) is 7.86. The van der Waals surface area contributed by atoms with Crippen LogP contribution in [-0.4, -0.2) is 82.8 Å². The fraction of sp³-hybridized carbons (Fsp3) is 0.478. The fourth-order valence-electron chi connectivity index (χ4n) is 5.77. The van der Waals surface area contributed by atoms with Gasteiger partial charge in [-0.25, -0.2) is 24.3 Å². The third-order valence-corrected chi connectivity index (χ3v) is 11.2. The molecule has 1 amide bonds. The number of rotatable bonds is 3. The molecule has 21 heteroatoms. The van der Waals surface area contributed by atoms with Crippen LogP contribution in [0.15, 0.2) is 43.6 Å². The largest absolute Gasteiger partial charge is 0.364 e. The molecule has 16 nitrogen and oxygen atoms in total. The van der Waals surface area contributed by atoms with Gasteiger partial charge in [0, 0.05) is 24.7 Å². The van der Waals surface area contributed by atoms with Crippen molar-refractivity contribution in [2.45, 2.75) is 37.1 Å². The van der Waals surface area contributed by atoms with Crippen LogP contribution in [0.3, 0.4) is 0 Å². The summed E-state index contributed by atoms with van der Waals surface area (Å²) in [4.78, 5) is 50.5. The molecule has 1 saturated carbocycles. The average molecular weight is 688 g/mol. The first-order valence-electron chi connectivity index (χ1n) is 13.4. The quantitative estimate of drug-likeness (QED) is 0.203. The summed E-state index contributed by atoms with van der Waals surface area (Å²) in [7, 11) is 0. The Hall–Kier alpha value is -2.41. The van der Waals surface area contributed by atoms with E-state index in [2.05, 4.69) is 19.9 Å². The lowest BCUT2D eigenvalue weighted by Gasteiger charge is -2.40. The minimum Gasteiger partial charge on any atom is -0.364 e. The number of nitrogens with zero attached hydrogens (tertiary/aromatic N) is 7. The van der Waals surface area contributed by atoms with E-state index in [-0.39, 0.29) is 36.8 Å². The lowest BCUT2D eigenvalue weighted by Crippen LogP contribution is -2.55. The Bertz CT molecular complexity index is 1850. The molecular weight excluding hydrogens is 661 g/mol. The highest BCUT2D eigenvalue weighted by molar-refractivity contribution is 8.07. The highest BCUT2D eigenvalue weighted by Gasteiger charge is 2.52. The summed E-state index contributed by atoms with van der Waals surface area (Å²) in [6.45, 7) is -8.38. The van der Waals surface area contributed by atoms with Gasteiger partial charge in [-0.3, -0.25) is 18.3 Å². The monoisotopic (exact) mass is 687 g/mol. The average Bonchev–Trinajstić information content (AvgIpc) is 3.68. The van der Waals surface area contributed by atoms with Crippen LogP contribution in [-0.2, 0) is 46.4 Å². The number of primary amides is 1. The molecule has 0 spiro atoms. The van der Waals surface area contributed by atoms with Gasteiger partial charge in [0.1, 0.15) is 18.5 Å². The minimum absolute atomic E-state index is 0.0406. The van der Waals surface area contributed by atoms with Crippen molar-refractivity contribution in [3.63, 3.8) is 0 Å². The lowest BCUT2D eigenvalue weighted by atomic mass is 9.70. The van der Waals surface area contributed by atoms with Crippen LogP contribution < -0.4 is 10.3 Å². The van der Waals surface area contributed by atoms with E-state index < -0.39 is 50.6 Å². The first kappa shape index (κ1) is 30.3. The maximum atomic E-state index is 16.1.